The van der Waals surface area contributed by atoms with Crippen molar-refractivity contribution >= 4 is 76.1 Å². The van der Waals surface area contributed by atoms with E-state index in [2.05, 4.69) is 25.9 Å². The smallest absolute Gasteiger partial charge is 0.338 e. The molecule has 0 unspecified atom stereocenters. The molecule has 2 aromatic carbocycles. The van der Waals surface area contributed by atoms with E-state index in [1.54, 1.807) is 44.2 Å². The van der Waals surface area contributed by atoms with Gasteiger partial charge in [0.1, 0.15) is 0 Å². The van der Waals surface area contributed by atoms with Gasteiger partial charge in [-0.25, -0.2) is 19.6 Å². The summed E-state index contributed by atoms with van der Waals surface area (Å²) < 4.78 is 12.5. The maximum atomic E-state index is 11.4. The van der Waals surface area contributed by atoms with Crippen molar-refractivity contribution in [2.45, 2.75) is 13.8 Å². The maximum Gasteiger partial charge on any atom is 0.338 e. The first-order chi connectivity index (χ1) is 14.4. The van der Waals surface area contributed by atoms with E-state index in [0.717, 1.165) is 24.4 Å². The summed E-state index contributed by atoms with van der Waals surface area (Å²) in [7, 11) is 0. The Morgan fingerprint density at radius 1 is 0.900 bits per heavy atom. The minimum atomic E-state index is -0.314. The molecule has 0 bridgehead atoms. The van der Waals surface area contributed by atoms with Gasteiger partial charge >= 0.3 is 11.9 Å². The van der Waals surface area contributed by atoms with Gasteiger partial charge in [0.2, 0.25) is 0 Å². The largest absolute Gasteiger partial charge is 0.462 e. The molecule has 156 valence electrons. The third-order valence-electron chi connectivity index (χ3n) is 3.79. The second kappa shape index (κ2) is 9.96. The van der Waals surface area contributed by atoms with E-state index < -0.39 is 0 Å². The van der Waals surface area contributed by atoms with Crippen LogP contribution in [-0.2, 0) is 9.47 Å². The molecule has 0 spiro atoms. The van der Waals surface area contributed by atoms with Gasteiger partial charge in [0.05, 0.1) is 44.8 Å². The fourth-order valence-corrected chi connectivity index (χ4v) is 4.74. The van der Waals surface area contributed by atoms with Gasteiger partial charge in [0, 0.05) is 0 Å². The Kier molecular flexibility index (Phi) is 7.35. The number of nitrogens with two attached hydrogens (primary N) is 1. The Labute approximate surface area is 189 Å². The van der Waals surface area contributed by atoms with Gasteiger partial charge in [0.25, 0.3) is 0 Å². The fourth-order valence-electron chi connectivity index (χ4n) is 2.52. The molecule has 4 rings (SSSR count). The predicted octanol–water partition coefficient (Wildman–Crippen LogP) is 5.29. The van der Waals surface area contributed by atoms with Crippen molar-refractivity contribution in [1.82, 2.24) is 9.97 Å². The van der Waals surface area contributed by atoms with Crippen LogP contribution in [0, 0.1) is 0 Å². The summed E-state index contributed by atoms with van der Waals surface area (Å²) in [5.74, 6) is -0.602. The predicted molar refractivity (Wildman–Crippen MR) is 123 cm³/mol. The molecule has 0 fully saturated rings. The highest BCUT2D eigenvalue weighted by atomic mass is 79.9. The molecule has 0 aliphatic carbocycles. The second-order valence-electron chi connectivity index (χ2n) is 5.82. The SMILES string of the molecule is CCOC(=O)c1ccc2nc(Br)sc2c1.CCOC(=O)c1ccc2nc(N)sc2c1. The quantitative estimate of drug-likeness (QED) is 0.374. The standard InChI is InChI=1S/C10H8BrNO2S.C10H10N2O2S/c2*1-2-14-9(13)6-3-4-7-8(5-6)15-10(11)12-7/h3-5H,2H2,1H3;3-5H,2H2,1H3,(H2,11,12). The van der Waals surface area contributed by atoms with Crippen LogP contribution in [-0.4, -0.2) is 35.1 Å². The molecule has 0 aliphatic rings. The summed E-state index contributed by atoms with van der Waals surface area (Å²) >= 11 is 6.17. The number of carbonyl (C=O) groups is 2. The number of nitrogens with zero attached hydrogens (tertiary/aromatic N) is 2. The van der Waals surface area contributed by atoms with Gasteiger partial charge < -0.3 is 15.2 Å². The number of ether oxygens (including phenoxy) is 2. The number of thiazole rings is 2. The molecule has 10 heteroatoms. The lowest BCUT2D eigenvalue weighted by Crippen LogP contribution is -2.03. The van der Waals surface area contributed by atoms with E-state index in [1.807, 2.05) is 6.07 Å². The molecule has 2 aromatic heterocycles. The van der Waals surface area contributed by atoms with Crippen LogP contribution in [0.5, 0.6) is 0 Å². The van der Waals surface area contributed by atoms with Crippen molar-refractivity contribution in [3.8, 4) is 0 Å². The number of fused-ring (bicyclic) bond motifs is 2. The van der Waals surface area contributed by atoms with Crippen LogP contribution in [0.4, 0.5) is 5.13 Å². The Morgan fingerprint density at radius 3 is 1.93 bits per heavy atom. The lowest BCUT2D eigenvalue weighted by atomic mass is 10.2. The number of anilines is 1. The van der Waals surface area contributed by atoms with Crippen LogP contribution in [0.25, 0.3) is 20.4 Å². The van der Waals surface area contributed by atoms with Gasteiger partial charge in [-0.1, -0.05) is 11.3 Å². The van der Waals surface area contributed by atoms with E-state index in [0.29, 0.717) is 29.5 Å². The molecule has 0 atom stereocenters. The first kappa shape index (κ1) is 22.1. The lowest BCUT2D eigenvalue weighted by molar-refractivity contribution is 0.0517. The molecule has 0 saturated heterocycles. The zero-order chi connectivity index (χ0) is 21.7. The number of hydrogen-bond acceptors (Lipinski definition) is 9. The fraction of sp³-hybridized carbons (Fsp3) is 0.200. The number of carbonyl (C=O) groups excluding carboxylic acids is 2. The van der Waals surface area contributed by atoms with Crippen molar-refractivity contribution < 1.29 is 19.1 Å². The molecule has 0 saturated carbocycles. The number of rotatable bonds is 4. The minimum Gasteiger partial charge on any atom is -0.462 e. The maximum absolute atomic E-state index is 11.4. The van der Waals surface area contributed by atoms with E-state index in [9.17, 15) is 9.59 Å². The van der Waals surface area contributed by atoms with Gasteiger partial charge in [-0.15, -0.1) is 11.3 Å². The topological polar surface area (TPSA) is 104 Å². The highest BCUT2D eigenvalue weighted by molar-refractivity contribution is 9.11. The molecule has 0 radical (unpaired) electrons. The van der Waals surface area contributed by atoms with E-state index in [4.69, 9.17) is 15.2 Å². The van der Waals surface area contributed by atoms with Crippen LogP contribution < -0.4 is 5.73 Å². The van der Waals surface area contributed by atoms with Gasteiger partial charge in [-0.05, 0) is 66.2 Å². The van der Waals surface area contributed by atoms with E-state index >= 15 is 0 Å². The minimum absolute atomic E-state index is 0.288. The van der Waals surface area contributed by atoms with Crippen LogP contribution in [0.15, 0.2) is 40.3 Å². The molecular weight excluding hydrogens is 490 g/mol. The van der Waals surface area contributed by atoms with Crippen LogP contribution in [0.2, 0.25) is 0 Å². The molecule has 30 heavy (non-hydrogen) atoms. The highest BCUT2D eigenvalue weighted by Crippen LogP contribution is 2.27. The molecule has 4 aromatic rings. The Morgan fingerprint density at radius 2 is 1.40 bits per heavy atom. The van der Waals surface area contributed by atoms with Crippen LogP contribution in [0.1, 0.15) is 34.6 Å². The van der Waals surface area contributed by atoms with Crippen LogP contribution in [0.3, 0.4) is 0 Å². The van der Waals surface area contributed by atoms with Crippen molar-refractivity contribution in [2.75, 3.05) is 18.9 Å². The Bertz CT molecular complexity index is 1110. The molecule has 0 aliphatic heterocycles. The number of nitrogen functional groups attached to an aromatic ring is 1. The number of aromatic nitrogens is 2. The second-order valence-corrected chi connectivity index (χ2v) is 9.19. The van der Waals surface area contributed by atoms with Gasteiger partial charge in [0.15, 0.2) is 9.05 Å². The molecule has 0 amide bonds. The first-order valence-corrected chi connectivity index (χ1v) is 11.4. The Balaban J connectivity index is 0.000000171. The summed E-state index contributed by atoms with van der Waals surface area (Å²) in [5, 5.41) is 0.506. The van der Waals surface area contributed by atoms with E-state index in [-0.39, 0.29) is 11.9 Å². The number of benzene rings is 2. The number of hydrogen-bond donors (Lipinski definition) is 1. The molecule has 7 nitrogen and oxygen atoms in total. The van der Waals surface area contributed by atoms with Crippen molar-refractivity contribution in [2.24, 2.45) is 0 Å². The number of esters is 2. The summed E-state index contributed by atoms with van der Waals surface area (Å²) in [5.41, 5.74) is 8.37. The molecule has 2 heterocycles. The molecular formula is C20H18BrN3O4S2. The third-order valence-corrected chi connectivity index (χ3v) is 6.11. The summed E-state index contributed by atoms with van der Waals surface area (Å²) in [4.78, 5) is 31.2. The number of halogens is 1. The normalized spacial score (nSPS) is 10.5. The third kappa shape index (κ3) is 5.32. The summed E-state index contributed by atoms with van der Waals surface area (Å²) in [6, 6.07) is 10.6. The summed E-state index contributed by atoms with van der Waals surface area (Å²) in [6.07, 6.45) is 0. The molecule has 2 N–H and O–H groups in total. The van der Waals surface area contributed by atoms with Crippen LogP contribution >= 0.6 is 38.6 Å². The average Bonchev–Trinajstić information content (AvgIpc) is 3.27. The monoisotopic (exact) mass is 507 g/mol. The van der Waals surface area contributed by atoms with Crippen molar-refractivity contribution in [3.63, 3.8) is 0 Å². The van der Waals surface area contributed by atoms with Gasteiger partial charge in [-0.2, -0.15) is 0 Å². The first-order valence-electron chi connectivity index (χ1n) is 8.97. The average molecular weight is 508 g/mol. The van der Waals surface area contributed by atoms with Crippen molar-refractivity contribution in [1.29, 1.82) is 0 Å². The summed E-state index contributed by atoms with van der Waals surface area (Å²) in [6.45, 7) is 4.34. The Hall–Kier alpha value is -2.56. The zero-order valence-corrected chi connectivity index (χ0v) is 19.4. The van der Waals surface area contributed by atoms with Gasteiger partial charge in [-0.3, -0.25) is 0 Å². The zero-order valence-electron chi connectivity index (χ0n) is 16.2. The van der Waals surface area contributed by atoms with Crippen molar-refractivity contribution in [3.05, 3.63) is 51.4 Å². The lowest BCUT2D eigenvalue weighted by Gasteiger charge is -2.00. The highest BCUT2D eigenvalue weighted by Gasteiger charge is 2.10. The van der Waals surface area contributed by atoms with E-state index in [1.165, 1.54) is 22.7 Å².